The number of benzene rings is 2. The molecule has 0 heterocycles. The lowest BCUT2D eigenvalue weighted by Gasteiger charge is -2.06. The summed E-state index contributed by atoms with van der Waals surface area (Å²) in [6, 6.07) is 10.4. The van der Waals surface area contributed by atoms with Crippen LogP contribution in [0.4, 0.5) is 13.2 Å². The zero-order valence-electron chi connectivity index (χ0n) is 9.79. The van der Waals surface area contributed by atoms with E-state index in [4.69, 9.17) is 0 Å². The average molecular weight is 265 g/mol. The molecule has 0 bridgehead atoms. The lowest BCUT2D eigenvalue weighted by Crippen LogP contribution is -2.23. The number of hydrogen-bond donors (Lipinski definition) is 1. The molecular formula is C14H10F3NO. The van der Waals surface area contributed by atoms with Crippen LogP contribution in [0.3, 0.4) is 0 Å². The largest absolute Gasteiger partial charge is 0.348 e. The summed E-state index contributed by atoms with van der Waals surface area (Å²) >= 11 is 0. The minimum atomic E-state index is -1.58. The lowest BCUT2D eigenvalue weighted by atomic mass is 10.1. The number of carbonyl (C=O) groups excluding carboxylic acids is 1. The predicted octanol–water partition coefficient (Wildman–Crippen LogP) is 3.03. The molecule has 2 nitrogen and oxygen atoms in total. The smallest absolute Gasteiger partial charge is 0.251 e. The topological polar surface area (TPSA) is 29.1 Å². The van der Waals surface area contributed by atoms with Crippen LogP contribution < -0.4 is 5.32 Å². The Labute approximate surface area is 107 Å². The van der Waals surface area contributed by atoms with Crippen LogP contribution in [0.25, 0.3) is 0 Å². The molecule has 5 heteroatoms. The summed E-state index contributed by atoms with van der Waals surface area (Å²) in [5, 5.41) is 2.49. The molecule has 2 rings (SSSR count). The van der Waals surface area contributed by atoms with Gasteiger partial charge >= 0.3 is 0 Å². The van der Waals surface area contributed by atoms with Gasteiger partial charge in [-0.05, 0) is 17.7 Å². The van der Waals surface area contributed by atoms with Crippen molar-refractivity contribution >= 4 is 5.91 Å². The Morgan fingerprint density at radius 1 is 1.00 bits per heavy atom. The van der Waals surface area contributed by atoms with Crippen LogP contribution in [0, 0.1) is 17.5 Å². The van der Waals surface area contributed by atoms with Crippen molar-refractivity contribution in [2.24, 2.45) is 0 Å². The maximum Gasteiger partial charge on any atom is 0.251 e. The van der Waals surface area contributed by atoms with Crippen LogP contribution >= 0.6 is 0 Å². The van der Waals surface area contributed by atoms with Gasteiger partial charge in [0.05, 0.1) is 0 Å². The monoisotopic (exact) mass is 265 g/mol. The van der Waals surface area contributed by atoms with Gasteiger partial charge in [0.25, 0.3) is 5.91 Å². The zero-order chi connectivity index (χ0) is 13.8. The van der Waals surface area contributed by atoms with Gasteiger partial charge in [0.15, 0.2) is 17.5 Å². The Morgan fingerprint density at radius 2 is 1.58 bits per heavy atom. The fraction of sp³-hybridized carbons (Fsp3) is 0.0714. The quantitative estimate of drug-likeness (QED) is 0.849. The normalized spacial score (nSPS) is 10.3. The third-order valence-electron chi connectivity index (χ3n) is 2.54. The second-order valence-electron chi connectivity index (χ2n) is 3.92. The van der Waals surface area contributed by atoms with Gasteiger partial charge in [0, 0.05) is 12.1 Å². The predicted molar refractivity (Wildman–Crippen MR) is 63.9 cm³/mol. The Morgan fingerprint density at radius 3 is 2.16 bits per heavy atom. The minimum absolute atomic E-state index is 0.223. The van der Waals surface area contributed by atoms with E-state index in [9.17, 15) is 18.0 Å². The van der Waals surface area contributed by atoms with Gasteiger partial charge in [0.1, 0.15) is 0 Å². The van der Waals surface area contributed by atoms with E-state index in [1.54, 1.807) is 24.3 Å². The number of amides is 1. The molecule has 0 spiro atoms. The van der Waals surface area contributed by atoms with Gasteiger partial charge in [-0.3, -0.25) is 4.79 Å². The van der Waals surface area contributed by atoms with Crippen molar-refractivity contribution in [1.82, 2.24) is 5.32 Å². The lowest BCUT2D eigenvalue weighted by molar-refractivity contribution is 0.0949. The molecule has 1 amide bonds. The molecule has 0 aliphatic rings. The molecule has 0 radical (unpaired) electrons. The van der Waals surface area contributed by atoms with Crippen molar-refractivity contribution in [3.8, 4) is 0 Å². The summed E-state index contributed by atoms with van der Waals surface area (Å²) in [4.78, 5) is 11.7. The highest BCUT2D eigenvalue weighted by Gasteiger charge is 2.14. The molecule has 2 aromatic rings. The maximum atomic E-state index is 13.0. The molecule has 0 fully saturated rings. The molecule has 98 valence electrons. The van der Waals surface area contributed by atoms with Gasteiger partial charge in [0.2, 0.25) is 0 Å². The van der Waals surface area contributed by atoms with Crippen molar-refractivity contribution in [3.05, 3.63) is 71.0 Å². The standard InChI is InChI=1S/C14H10F3NO/c15-11-6-10(7-12(16)13(11)17)14(19)18-8-9-4-2-1-3-5-9/h1-7H,8H2,(H,18,19). The Kier molecular flexibility index (Phi) is 3.85. The van der Waals surface area contributed by atoms with E-state index >= 15 is 0 Å². The van der Waals surface area contributed by atoms with Gasteiger partial charge in [-0.2, -0.15) is 0 Å². The number of rotatable bonds is 3. The molecule has 0 aliphatic carbocycles. The van der Waals surface area contributed by atoms with E-state index in [1.807, 2.05) is 6.07 Å². The van der Waals surface area contributed by atoms with Crippen LogP contribution in [0.2, 0.25) is 0 Å². The Hall–Kier alpha value is -2.30. The highest BCUT2D eigenvalue weighted by atomic mass is 19.2. The summed E-state index contributed by atoms with van der Waals surface area (Å²) in [7, 11) is 0. The molecule has 0 aromatic heterocycles. The summed E-state index contributed by atoms with van der Waals surface area (Å²) in [5.41, 5.74) is 0.589. The van der Waals surface area contributed by atoms with E-state index in [2.05, 4.69) is 5.32 Å². The van der Waals surface area contributed by atoms with Crippen LogP contribution in [0.15, 0.2) is 42.5 Å². The van der Waals surface area contributed by atoms with Crippen molar-refractivity contribution in [3.63, 3.8) is 0 Å². The van der Waals surface area contributed by atoms with Gasteiger partial charge in [-0.15, -0.1) is 0 Å². The van der Waals surface area contributed by atoms with E-state index in [0.717, 1.165) is 5.56 Å². The molecule has 0 saturated carbocycles. The zero-order valence-corrected chi connectivity index (χ0v) is 9.79. The fourth-order valence-corrected chi connectivity index (χ4v) is 1.57. The van der Waals surface area contributed by atoms with Crippen LogP contribution in [0.5, 0.6) is 0 Å². The van der Waals surface area contributed by atoms with E-state index in [1.165, 1.54) is 0 Å². The summed E-state index contributed by atoms with van der Waals surface area (Å²) in [5.74, 6) is -5.02. The number of carbonyl (C=O) groups is 1. The first-order valence-corrected chi connectivity index (χ1v) is 5.54. The molecule has 0 aliphatic heterocycles. The van der Waals surface area contributed by atoms with Gasteiger partial charge in [-0.25, -0.2) is 13.2 Å². The average Bonchev–Trinajstić information content (AvgIpc) is 2.42. The summed E-state index contributed by atoms with van der Waals surface area (Å²) < 4.78 is 38.7. The molecule has 19 heavy (non-hydrogen) atoms. The summed E-state index contributed by atoms with van der Waals surface area (Å²) in [6.07, 6.45) is 0. The van der Waals surface area contributed by atoms with Crippen molar-refractivity contribution in [1.29, 1.82) is 0 Å². The molecule has 2 aromatic carbocycles. The fourth-order valence-electron chi connectivity index (χ4n) is 1.57. The minimum Gasteiger partial charge on any atom is -0.348 e. The van der Waals surface area contributed by atoms with Gasteiger partial charge < -0.3 is 5.32 Å². The maximum absolute atomic E-state index is 13.0. The Bertz CT molecular complexity index is 576. The van der Waals surface area contributed by atoms with Crippen molar-refractivity contribution < 1.29 is 18.0 Å². The van der Waals surface area contributed by atoms with E-state index in [0.29, 0.717) is 12.1 Å². The molecule has 0 saturated heterocycles. The highest BCUT2D eigenvalue weighted by molar-refractivity contribution is 5.94. The first-order chi connectivity index (χ1) is 9.08. The van der Waals surface area contributed by atoms with Crippen LogP contribution in [-0.4, -0.2) is 5.91 Å². The number of halogens is 3. The molecule has 1 N–H and O–H groups in total. The Balaban J connectivity index is 2.08. The number of nitrogens with one attached hydrogen (secondary N) is 1. The molecule has 0 atom stereocenters. The second kappa shape index (κ2) is 5.56. The van der Waals surface area contributed by atoms with E-state index < -0.39 is 23.4 Å². The first-order valence-electron chi connectivity index (χ1n) is 5.54. The highest BCUT2D eigenvalue weighted by Crippen LogP contribution is 2.13. The molecule has 0 unspecified atom stereocenters. The third kappa shape index (κ3) is 3.13. The van der Waals surface area contributed by atoms with Crippen LogP contribution in [0.1, 0.15) is 15.9 Å². The van der Waals surface area contributed by atoms with Crippen molar-refractivity contribution in [2.45, 2.75) is 6.54 Å². The van der Waals surface area contributed by atoms with E-state index in [-0.39, 0.29) is 12.1 Å². The third-order valence-corrected chi connectivity index (χ3v) is 2.54. The second-order valence-corrected chi connectivity index (χ2v) is 3.92. The molecular weight excluding hydrogens is 255 g/mol. The van der Waals surface area contributed by atoms with Crippen LogP contribution in [-0.2, 0) is 6.54 Å². The SMILES string of the molecule is O=C(NCc1ccccc1)c1cc(F)c(F)c(F)c1. The van der Waals surface area contributed by atoms with Gasteiger partial charge in [-0.1, -0.05) is 30.3 Å². The number of hydrogen-bond acceptors (Lipinski definition) is 1. The first kappa shape index (κ1) is 13.1. The summed E-state index contributed by atoms with van der Waals surface area (Å²) in [6.45, 7) is 0.223. The van der Waals surface area contributed by atoms with Crippen molar-refractivity contribution in [2.75, 3.05) is 0 Å².